The lowest BCUT2D eigenvalue weighted by molar-refractivity contribution is -0.145. The second kappa shape index (κ2) is 39.6. The third-order valence-electron chi connectivity index (χ3n) is 6.85. The van der Waals surface area contributed by atoms with Crippen molar-refractivity contribution in [3.05, 3.63) is 12.7 Å². The molecule has 0 aliphatic heterocycles. The minimum absolute atomic E-state index is 0.135. The molecule has 0 aromatic rings. The van der Waals surface area contributed by atoms with Crippen LogP contribution in [0, 0.1) is 0 Å². The van der Waals surface area contributed by atoms with Crippen LogP contribution in [0.2, 0.25) is 0 Å². The van der Waals surface area contributed by atoms with Crippen LogP contribution in [0.25, 0.3) is 0 Å². The van der Waals surface area contributed by atoms with E-state index in [4.69, 9.17) is 42.6 Å². The van der Waals surface area contributed by atoms with Crippen LogP contribution in [0.4, 0.5) is 0 Å². The Morgan fingerprint density at radius 2 is 0.696 bits per heavy atom. The molecule has 0 spiro atoms. The zero-order valence-corrected chi connectivity index (χ0v) is 29.0. The van der Waals surface area contributed by atoms with Gasteiger partial charge in [-0.3, -0.25) is 4.79 Å². The van der Waals surface area contributed by atoms with Gasteiger partial charge in [0.05, 0.1) is 92.5 Å². The molecular formula is C35H66O11. The average Bonchev–Trinajstić information content (AvgIpc) is 3.06. The van der Waals surface area contributed by atoms with Gasteiger partial charge < -0.3 is 42.6 Å². The van der Waals surface area contributed by atoms with Gasteiger partial charge in [0.15, 0.2) is 0 Å². The zero-order valence-electron chi connectivity index (χ0n) is 29.0. The smallest absolute Gasteiger partial charge is 0.330 e. The fourth-order valence-electron chi connectivity index (χ4n) is 4.26. The molecule has 0 rings (SSSR count). The number of esters is 2. The molecule has 0 N–H and O–H groups in total. The van der Waals surface area contributed by atoms with E-state index < -0.39 is 5.97 Å². The second-order valence-electron chi connectivity index (χ2n) is 10.9. The minimum atomic E-state index is -0.459. The first-order valence-electron chi connectivity index (χ1n) is 17.7. The second-order valence-corrected chi connectivity index (χ2v) is 10.9. The molecule has 0 saturated carbocycles. The topological polar surface area (TPSA) is 117 Å². The number of ether oxygens (including phenoxy) is 9. The van der Waals surface area contributed by atoms with E-state index in [0.29, 0.717) is 98.9 Å². The molecule has 0 saturated heterocycles. The van der Waals surface area contributed by atoms with Crippen LogP contribution >= 0.6 is 0 Å². The number of carbonyl (C=O) groups excluding carboxylic acids is 2. The first-order chi connectivity index (χ1) is 22.7. The molecule has 46 heavy (non-hydrogen) atoms. The summed E-state index contributed by atoms with van der Waals surface area (Å²) < 4.78 is 47.9. The lowest BCUT2D eigenvalue weighted by atomic mass is 10.0. The van der Waals surface area contributed by atoms with Gasteiger partial charge in [0, 0.05) is 12.5 Å². The predicted molar refractivity (Wildman–Crippen MR) is 178 cm³/mol. The molecule has 0 aliphatic rings. The van der Waals surface area contributed by atoms with Gasteiger partial charge in [-0.15, -0.1) is 0 Å². The van der Waals surface area contributed by atoms with E-state index in [1.807, 2.05) is 0 Å². The highest BCUT2D eigenvalue weighted by Crippen LogP contribution is 2.13. The highest BCUT2D eigenvalue weighted by molar-refractivity contribution is 5.81. The van der Waals surface area contributed by atoms with E-state index in [0.717, 1.165) is 18.9 Å². The molecule has 11 heteroatoms. The molecule has 0 aromatic heterocycles. The number of carbonyl (C=O) groups is 2. The molecule has 0 unspecified atom stereocenters. The van der Waals surface area contributed by atoms with Gasteiger partial charge >= 0.3 is 11.9 Å². The van der Waals surface area contributed by atoms with Crippen LogP contribution in [-0.2, 0) is 52.2 Å². The van der Waals surface area contributed by atoms with Crippen LogP contribution in [0.15, 0.2) is 12.7 Å². The van der Waals surface area contributed by atoms with Crippen molar-refractivity contribution < 1.29 is 52.2 Å². The van der Waals surface area contributed by atoms with E-state index in [2.05, 4.69) is 13.5 Å². The first-order valence-corrected chi connectivity index (χ1v) is 17.7. The molecule has 11 nitrogen and oxygen atoms in total. The Morgan fingerprint density at radius 1 is 0.413 bits per heavy atom. The molecule has 0 fully saturated rings. The van der Waals surface area contributed by atoms with Gasteiger partial charge in [0.1, 0.15) is 13.2 Å². The summed E-state index contributed by atoms with van der Waals surface area (Å²) in [7, 11) is 0. The van der Waals surface area contributed by atoms with E-state index >= 15 is 0 Å². The summed E-state index contributed by atoms with van der Waals surface area (Å²) in [5, 5.41) is 0. The van der Waals surface area contributed by atoms with Gasteiger partial charge in [-0.25, -0.2) is 4.79 Å². The number of unbranched alkanes of at least 4 members (excludes halogenated alkanes) is 12. The van der Waals surface area contributed by atoms with Gasteiger partial charge in [-0.05, 0) is 6.42 Å². The van der Waals surface area contributed by atoms with Crippen molar-refractivity contribution in [2.45, 2.75) is 96.8 Å². The van der Waals surface area contributed by atoms with Crippen LogP contribution in [-0.4, -0.2) is 118 Å². The van der Waals surface area contributed by atoms with Crippen molar-refractivity contribution in [2.24, 2.45) is 0 Å². The van der Waals surface area contributed by atoms with Crippen molar-refractivity contribution in [1.82, 2.24) is 0 Å². The fourth-order valence-corrected chi connectivity index (χ4v) is 4.26. The van der Waals surface area contributed by atoms with E-state index in [-0.39, 0.29) is 19.2 Å². The van der Waals surface area contributed by atoms with Crippen molar-refractivity contribution in [3.63, 3.8) is 0 Å². The quantitative estimate of drug-likeness (QED) is 0.0448. The van der Waals surface area contributed by atoms with Gasteiger partial charge in [0.2, 0.25) is 0 Å². The van der Waals surface area contributed by atoms with Crippen molar-refractivity contribution in [3.8, 4) is 0 Å². The Morgan fingerprint density at radius 3 is 1.02 bits per heavy atom. The zero-order chi connectivity index (χ0) is 33.4. The summed E-state index contributed by atoms with van der Waals surface area (Å²) in [5.74, 6) is -0.594. The minimum Gasteiger partial charge on any atom is -0.463 e. The fraction of sp³-hybridized carbons (Fsp3) is 0.886. The SMILES string of the molecule is C=CC(=O)OCCOCCOCCOCCOCCOCCOCCOCCOC(=O)CCCCCCCCCCCCCCC. The Hall–Kier alpha value is -1.60. The Bertz CT molecular complexity index is 648. The summed E-state index contributed by atoms with van der Waals surface area (Å²) in [6.07, 6.45) is 18.4. The van der Waals surface area contributed by atoms with Crippen LogP contribution in [0.3, 0.4) is 0 Å². The van der Waals surface area contributed by atoms with E-state index in [9.17, 15) is 9.59 Å². The van der Waals surface area contributed by atoms with E-state index in [1.54, 1.807) is 0 Å². The molecule has 0 atom stereocenters. The monoisotopic (exact) mass is 662 g/mol. The average molecular weight is 663 g/mol. The standard InChI is InChI=1S/C35H66O11/c1-3-5-6-7-8-9-10-11-12-13-14-15-16-17-35(37)46-33-31-44-29-27-42-25-23-40-21-19-38-18-20-39-22-24-41-26-28-43-30-32-45-34(36)4-2/h4H,2-3,5-33H2,1H3. The van der Waals surface area contributed by atoms with Crippen molar-refractivity contribution >= 4 is 11.9 Å². The summed E-state index contributed by atoms with van der Waals surface area (Å²) >= 11 is 0. The maximum absolute atomic E-state index is 11.8. The highest BCUT2D eigenvalue weighted by Gasteiger charge is 2.03. The third kappa shape index (κ3) is 38.6. The van der Waals surface area contributed by atoms with Crippen LogP contribution in [0.1, 0.15) is 96.8 Å². The van der Waals surface area contributed by atoms with Crippen LogP contribution in [0.5, 0.6) is 0 Å². The Kier molecular flexibility index (Phi) is 38.2. The summed E-state index contributed by atoms with van der Waals surface area (Å²) in [5.41, 5.74) is 0. The van der Waals surface area contributed by atoms with Crippen molar-refractivity contribution in [2.75, 3.05) is 106 Å². The first kappa shape index (κ1) is 44.4. The molecule has 272 valence electrons. The van der Waals surface area contributed by atoms with Gasteiger partial charge in [-0.1, -0.05) is 90.6 Å². The summed E-state index contributed by atoms with van der Waals surface area (Å²) in [6, 6.07) is 0. The maximum Gasteiger partial charge on any atom is 0.330 e. The largest absolute Gasteiger partial charge is 0.463 e. The van der Waals surface area contributed by atoms with Gasteiger partial charge in [-0.2, -0.15) is 0 Å². The summed E-state index contributed by atoms with van der Waals surface area (Å²) in [4.78, 5) is 22.7. The normalized spacial score (nSPS) is 11.2. The predicted octanol–water partition coefficient (Wildman–Crippen LogP) is 5.86. The molecule has 0 heterocycles. The number of rotatable bonds is 39. The summed E-state index contributed by atoms with van der Waals surface area (Å²) in [6.45, 7) is 12.4. The lowest BCUT2D eigenvalue weighted by Gasteiger charge is -2.09. The highest BCUT2D eigenvalue weighted by atomic mass is 16.6. The Labute approximate surface area is 279 Å². The molecule has 0 amide bonds. The molecule has 0 bridgehead atoms. The Balaban J connectivity index is 3.14. The number of hydrogen-bond acceptors (Lipinski definition) is 11. The lowest BCUT2D eigenvalue weighted by Crippen LogP contribution is -2.15. The van der Waals surface area contributed by atoms with E-state index in [1.165, 1.54) is 70.6 Å². The van der Waals surface area contributed by atoms with Gasteiger partial charge in [0.25, 0.3) is 0 Å². The number of hydrogen-bond donors (Lipinski definition) is 0. The third-order valence-corrected chi connectivity index (χ3v) is 6.85. The molecule has 0 radical (unpaired) electrons. The molecular weight excluding hydrogens is 596 g/mol. The molecule has 0 aromatic carbocycles. The molecule has 0 aliphatic carbocycles. The van der Waals surface area contributed by atoms with Crippen molar-refractivity contribution in [1.29, 1.82) is 0 Å². The van der Waals surface area contributed by atoms with Crippen LogP contribution < -0.4 is 0 Å². The maximum atomic E-state index is 11.8.